The molecule has 0 saturated heterocycles. The Hall–Kier alpha value is -1.87. The summed E-state index contributed by atoms with van der Waals surface area (Å²) in [5, 5.41) is 3.04. The van der Waals surface area contributed by atoms with Gasteiger partial charge in [0.05, 0.1) is 0 Å². The van der Waals surface area contributed by atoms with Crippen molar-refractivity contribution in [1.29, 1.82) is 0 Å². The summed E-state index contributed by atoms with van der Waals surface area (Å²) in [6.45, 7) is 2.71. The van der Waals surface area contributed by atoms with Gasteiger partial charge in [0.25, 0.3) is 0 Å². The molecule has 0 aliphatic heterocycles. The maximum absolute atomic E-state index is 13.7. The van der Waals surface area contributed by atoms with Crippen molar-refractivity contribution in [2.75, 3.05) is 19.0 Å². The highest BCUT2D eigenvalue weighted by molar-refractivity contribution is 5.63. The second-order valence-corrected chi connectivity index (χ2v) is 4.75. The van der Waals surface area contributed by atoms with E-state index in [1.165, 1.54) is 5.56 Å². The molecule has 0 heterocycles. The molecule has 0 amide bonds. The van der Waals surface area contributed by atoms with Gasteiger partial charge in [-0.1, -0.05) is 12.1 Å². The van der Waals surface area contributed by atoms with Crippen molar-refractivity contribution in [3.63, 3.8) is 0 Å². The predicted molar refractivity (Wildman–Crippen MR) is 78.4 cm³/mol. The third-order valence-electron chi connectivity index (χ3n) is 3.10. The van der Waals surface area contributed by atoms with Crippen LogP contribution in [0.25, 0.3) is 0 Å². The van der Waals surface area contributed by atoms with Crippen LogP contribution in [0.3, 0.4) is 0 Å². The summed E-state index contributed by atoms with van der Waals surface area (Å²) in [5.41, 5.74) is 4.05. The number of halogens is 1. The molecule has 2 aromatic carbocycles. The Morgan fingerprint density at radius 2 is 1.89 bits per heavy atom. The van der Waals surface area contributed by atoms with E-state index in [-0.39, 0.29) is 5.82 Å². The van der Waals surface area contributed by atoms with Crippen LogP contribution in [0.4, 0.5) is 15.8 Å². The van der Waals surface area contributed by atoms with E-state index in [1.807, 2.05) is 37.2 Å². The van der Waals surface area contributed by atoms with E-state index in [0.717, 1.165) is 16.9 Å². The van der Waals surface area contributed by atoms with Crippen LogP contribution in [0, 0.1) is 12.7 Å². The molecule has 0 bridgehead atoms. The number of rotatable bonds is 4. The molecular weight excluding hydrogens is 239 g/mol. The van der Waals surface area contributed by atoms with Gasteiger partial charge in [0.2, 0.25) is 0 Å². The van der Waals surface area contributed by atoms with Gasteiger partial charge >= 0.3 is 0 Å². The molecule has 1 N–H and O–H groups in total. The quantitative estimate of drug-likeness (QED) is 0.901. The summed E-state index contributed by atoms with van der Waals surface area (Å²) < 4.78 is 13.7. The van der Waals surface area contributed by atoms with Gasteiger partial charge in [0.15, 0.2) is 0 Å². The van der Waals surface area contributed by atoms with E-state index in [9.17, 15) is 4.39 Å². The first kappa shape index (κ1) is 13.6. The molecule has 0 aliphatic carbocycles. The monoisotopic (exact) mass is 258 g/mol. The van der Waals surface area contributed by atoms with Gasteiger partial charge in [-0.2, -0.15) is 0 Å². The van der Waals surface area contributed by atoms with E-state index >= 15 is 0 Å². The Labute approximate surface area is 113 Å². The molecule has 2 nitrogen and oxygen atoms in total. The first-order valence-corrected chi connectivity index (χ1v) is 6.34. The van der Waals surface area contributed by atoms with Crippen LogP contribution in [0.15, 0.2) is 42.5 Å². The number of nitrogens with zero attached hydrogens (tertiary/aromatic N) is 1. The lowest BCUT2D eigenvalue weighted by atomic mass is 10.1. The molecule has 0 atom stereocenters. The van der Waals surface area contributed by atoms with Crippen LogP contribution in [-0.2, 0) is 6.54 Å². The Morgan fingerprint density at radius 1 is 1.11 bits per heavy atom. The summed E-state index contributed by atoms with van der Waals surface area (Å²) in [6, 6.07) is 13.3. The lowest BCUT2D eigenvalue weighted by molar-refractivity contribution is 0.624. The van der Waals surface area contributed by atoms with E-state index in [4.69, 9.17) is 0 Å². The zero-order chi connectivity index (χ0) is 13.8. The Balaban J connectivity index is 2.35. The van der Waals surface area contributed by atoms with Crippen LogP contribution < -0.4 is 10.2 Å². The second-order valence-electron chi connectivity index (χ2n) is 4.75. The van der Waals surface area contributed by atoms with Gasteiger partial charge in [-0.3, -0.25) is 0 Å². The van der Waals surface area contributed by atoms with Crippen LogP contribution in [0.1, 0.15) is 11.1 Å². The number of hydrogen-bond donors (Lipinski definition) is 1. The van der Waals surface area contributed by atoms with Crippen molar-refractivity contribution < 1.29 is 4.39 Å². The van der Waals surface area contributed by atoms with Crippen LogP contribution in [-0.4, -0.2) is 14.1 Å². The normalized spacial score (nSPS) is 10.5. The Kier molecular flexibility index (Phi) is 4.17. The SMILES string of the molecule is CNCc1cc(F)cc(N(C)c2cccc(C)c2)c1. The largest absolute Gasteiger partial charge is 0.345 e. The number of benzene rings is 2. The predicted octanol–water partition coefficient (Wildman–Crippen LogP) is 3.62. The van der Waals surface area contributed by atoms with Crippen molar-refractivity contribution in [3.05, 3.63) is 59.4 Å². The number of anilines is 2. The van der Waals surface area contributed by atoms with E-state index in [2.05, 4.69) is 24.4 Å². The molecule has 0 radical (unpaired) electrons. The molecule has 0 aliphatic rings. The number of aryl methyl sites for hydroxylation is 1. The van der Waals surface area contributed by atoms with Crippen molar-refractivity contribution in [1.82, 2.24) is 5.32 Å². The minimum atomic E-state index is -0.206. The number of hydrogen-bond acceptors (Lipinski definition) is 2. The minimum Gasteiger partial charge on any atom is -0.345 e. The maximum atomic E-state index is 13.7. The minimum absolute atomic E-state index is 0.206. The fourth-order valence-corrected chi connectivity index (χ4v) is 2.12. The van der Waals surface area contributed by atoms with E-state index < -0.39 is 0 Å². The zero-order valence-electron chi connectivity index (χ0n) is 11.6. The summed E-state index contributed by atoms with van der Waals surface area (Å²) in [6.07, 6.45) is 0. The second kappa shape index (κ2) is 5.85. The molecule has 3 heteroatoms. The van der Waals surface area contributed by atoms with Gasteiger partial charge in [-0.05, 0) is 55.4 Å². The summed E-state index contributed by atoms with van der Waals surface area (Å²) in [4.78, 5) is 2.00. The molecular formula is C16H19FN2. The van der Waals surface area contributed by atoms with Crippen LogP contribution >= 0.6 is 0 Å². The summed E-state index contributed by atoms with van der Waals surface area (Å²) in [7, 11) is 3.81. The van der Waals surface area contributed by atoms with Crippen LogP contribution in [0.5, 0.6) is 0 Å². The van der Waals surface area contributed by atoms with E-state index in [1.54, 1.807) is 12.1 Å². The molecule has 19 heavy (non-hydrogen) atoms. The lowest BCUT2D eigenvalue weighted by Gasteiger charge is -2.21. The number of nitrogens with one attached hydrogen (secondary N) is 1. The zero-order valence-corrected chi connectivity index (χ0v) is 11.6. The fraction of sp³-hybridized carbons (Fsp3) is 0.250. The smallest absolute Gasteiger partial charge is 0.125 e. The molecule has 0 aromatic heterocycles. The topological polar surface area (TPSA) is 15.3 Å². The Morgan fingerprint density at radius 3 is 2.58 bits per heavy atom. The highest BCUT2D eigenvalue weighted by Gasteiger charge is 2.07. The maximum Gasteiger partial charge on any atom is 0.125 e. The lowest BCUT2D eigenvalue weighted by Crippen LogP contribution is -2.12. The van der Waals surface area contributed by atoms with E-state index in [0.29, 0.717) is 6.54 Å². The molecule has 2 rings (SSSR count). The fourth-order valence-electron chi connectivity index (χ4n) is 2.12. The molecule has 2 aromatic rings. The molecule has 100 valence electrons. The van der Waals surface area contributed by atoms with Crippen LogP contribution in [0.2, 0.25) is 0 Å². The molecule has 0 unspecified atom stereocenters. The third-order valence-corrected chi connectivity index (χ3v) is 3.10. The van der Waals surface area contributed by atoms with Gasteiger partial charge in [0, 0.05) is 25.0 Å². The van der Waals surface area contributed by atoms with Crippen molar-refractivity contribution in [2.45, 2.75) is 13.5 Å². The van der Waals surface area contributed by atoms with Gasteiger partial charge in [-0.25, -0.2) is 4.39 Å². The van der Waals surface area contributed by atoms with Gasteiger partial charge < -0.3 is 10.2 Å². The highest BCUT2D eigenvalue weighted by Crippen LogP contribution is 2.26. The molecule has 0 fully saturated rings. The first-order valence-electron chi connectivity index (χ1n) is 6.34. The third kappa shape index (κ3) is 3.32. The molecule has 0 spiro atoms. The highest BCUT2D eigenvalue weighted by atomic mass is 19.1. The summed E-state index contributed by atoms with van der Waals surface area (Å²) >= 11 is 0. The van der Waals surface area contributed by atoms with Gasteiger partial charge in [-0.15, -0.1) is 0 Å². The van der Waals surface area contributed by atoms with Crippen molar-refractivity contribution in [2.24, 2.45) is 0 Å². The average molecular weight is 258 g/mol. The van der Waals surface area contributed by atoms with Crippen molar-refractivity contribution >= 4 is 11.4 Å². The van der Waals surface area contributed by atoms with Crippen molar-refractivity contribution in [3.8, 4) is 0 Å². The standard InChI is InChI=1S/C16H19FN2/c1-12-5-4-6-15(7-12)19(3)16-9-13(11-18-2)8-14(17)10-16/h4-10,18H,11H2,1-3H3. The Bertz CT molecular complexity index is 566. The first-order chi connectivity index (χ1) is 9.10. The molecule has 0 saturated carbocycles. The van der Waals surface area contributed by atoms with Gasteiger partial charge in [0.1, 0.15) is 5.82 Å². The summed E-state index contributed by atoms with van der Waals surface area (Å²) in [5.74, 6) is -0.206. The average Bonchev–Trinajstić information content (AvgIpc) is 2.37.